The molecule has 0 aromatic rings. The fourth-order valence-electron chi connectivity index (χ4n) is 8.54. The Morgan fingerprint density at radius 1 is 0.926 bits per heavy atom. The predicted octanol–water partition coefficient (Wildman–Crippen LogP) is 5.04. The van der Waals surface area contributed by atoms with Crippen molar-refractivity contribution in [2.24, 2.45) is 40.2 Å². The van der Waals surface area contributed by atoms with Gasteiger partial charge in [-0.3, -0.25) is 0 Å². The Morgan fingerprint density at radius 2 is 1.67 bits per heavy atom. The van der Waals surface area contributed by atoms with E-state index in [1.807, 2.05) is 0 Å². The standard InChI is InChI=1S/C24H39NO2/c1-6-14-7-8-16-19-17(10-12-23(14,16)4)24(5)11-9-15(25)13-18(24)20-21(19)27-22(2,3)26-20/h6,15-21H,7-13,25H2,1-5H3/b14-6-/t15-,16?,17?,18?,19?,20+,21+,23+,24+/m0/s1. The van der Waals surface area contributed by atoms with Crippen LogP contribution in [-0.2, 0) is 9.47 Å². The molecule has 1 aliphatic heterocycles. The zero-order chi connectivity index (χ0) is 19.2. The first kappa shape index (κ1) is 18.6. The number of hydrogen-bond acceptors (Lipinski definition) is 3. The second kappa shape index (κ2) is 5.83. The molecule has 4 unspecified atom stereocenters. The maximum Gasteiger partial charge on any atom is 0.163 e. The lowest BCUT2D eigenvalue weighted by atomic mass is 9.43. The highest BCUT2D eigenvalue weighted by Gasteiger charge is 2.67. The number of hydrogen-bond donors (Lipinski definition) is 1. The third kappa shape index (κ3) is 2.43. The van der Waals surface area contributed by atoms with Gasteiger partial charge >= 0.3 is 0 Å². The van der Waals surface area contributed by atoms with Gasteiger partial charge in [-0.2, -0.15) is 0 Å². The molecule has 0 spiro atoms. The minimum atomic E-state index is -0.456. The van der Waals surface area contributed by atoms with Crippen molar-refractivity contribution in [3.63, 3.8) is 0 Å². The van der Waals surface area contributed by atoms with Crippen LogP contribution < -0.4 is 5.73 Å². The summed E-state index contributed by atoms with van der Waals surface area (Å²) in [5, 5.41) is 0. The first-order valence-corrected chi connectivity index (χ1v) is 11.5. The summed E-state index contributed by atoms with van der Waals surface area (Å²) < 4.78 is 13.3. The van der Waals surface area contributed by atoms with Gasteiger partial charge in [0.2, 0.25) is 0 Å². The van der Waals surface area contributed by atoms with E-state index in [0.717, 1.165) is 18.3 Å². The molecule has 4 saturated carbocycles. The van der Waals surface area contributed by atoms with E-state index in [4.69, 9.17) is 15.2 Å². The van der Waals surface area contributed by atoms with E-state index in [-0.39, 0.29) is 12.2 Å². The first-order chi connectivity index (χ1) is 12.7. The summed E-state index contributed by atoms with van der Waals surface area (Å²) in [6.45, 7) is 11.6. The summed E-state index contributed by atoms with van der Waals surface area (Å²) in [6.07, 6.45) is 11.8. The van der Waals surface area contributed by atoms with Gasteiger partial charge < -0.3 is 15.2 Å². The first-order valence-electron chi connectivity index (χ1n) is 11.5. The molecule has 3 nitrogen and oxygen atoms in total. The zero-order valence-electron chi connectivity index (χ0n) is 18.0. The maximum atomic E-state index is 6.69. The highest BCUT2D eigenvalue weighted by Crippen LogP contribution is 2.69. The van der Waals surface area contributed by atoms with E-state index in [0.29, 0.717) is 28.7 Å². The Morgan fingerprint density at radius 3 is 2.41 bits per heavy atom. The third-order valence-electron chi connectivity index (χ3n) is 9.77. The van der Waals surface area contributed by atoms with Gasteiger partial charge in [0.15, 0.2) is 5.79 Å². The van der Waals surface area contributed by atoms with Gasteiger partial charge in [0.25, 0.3) is 0 Å². The van der Waals surface area contributed by atoms with Crippen LogP contribution in [0.1, 0.15) is 79.6 Å². The monoisotopic (exact) mass is 373 g/mol. The van der Waals surface area contributed by atoms with Gasteiger partial charge in [0.05, 0.1) is 12.2 Å². The van der Waals surface area contributed by atoms with Crippen molar-refractivity contribution in [2.75, 3.05) is 0 Å². The molecule has 0 aromatic carbocycles. The van der Waals surface area contributed by atoms with E-state index in [1.165, 1.54) is 38.5 Å². The summed E-state index contributed by atoms with van der Waals surface area (Å²) in [5.74, 6) is 2.26. The number of nitrogens with two attached hydrogens (primary N) is 1. The zero-order valence-corrected chi connectivity index (χ0v) is 18.0. The smallest absolute Gasteiger partial charge is 0.163 e. The minimum absolute atomic E-state index is 0.231. The van der Waals surface area contributed by atoms with Crippen molar-refractivity contribution in [3.8, 4) is 0 Å². The molecule has 0 amide bonds. The highest BCUT2D eigenvalue weighted by atomic mass is 16.8. The van der Waals surface area contributed by atoms with E-state index in [9.17, 15) is 0 Å². The van der Waals surface area contributed by atoms with Crippen LogP contribution >= 0.6 is 0 Å². The van der Waals surface area contributed by atoms with E-state index >= 15 is 0 Å². The number of rotatable bonds is 0. The fraction of sp³-hybridized carbons (Fsp3) is 0.917. The van der Waals surface area contributed by atoms with Crippen molar-refractivity contribution in [1.82, 2.24) is 0 Å². The molecule has 9 atom stereocenters. The Hall–Kier alpha value is -0.380. The van der Waals surface area contributed by atoms with Crippen molar-refractivity contribution >= 4 is 0 Å². The largest absolute Gasteiger partial charge is 0.344 e. The molecule has 4 aliphatic carbocycles. The van der Waals surface area contributed by atoms with Crippen LogP contribution in [0.5, 0.6) is 0 Å². The third-order valence-corrected chi connectivity index (χ3v) is 9.77. The lowest BCUT2D eigenvalue weighted by molar-refractivity contribution is -0.173. The predicted molar refractivity (Wildman–Crippen MR) is 108 cm³/mol. The van der Waals surface area contributed by atoms with E-state index < -0.39 is 5.79 Å². The summed E-state index contributed by atoms with van der Waals surface area (Å²) in [7, 11) is 0. The SMILES string of the molecule is C/C=C1/CCC2C3C(CC[C@]12C)[C@@]1(C)CC[C@H](N)CC1[C@H]1OC(C)(C)O[C@H]31. The molecule has 2 N–H and O–H groups in total. The van der Waals surface area contributed by atoms with Crippen LogP contribution in [0.15, 0.2) is 11.6 Å². The summed E-state index contributed by atoms with van der Waals surface area (Å²) in [6, 6.07) is 0.336. The lowest BCUT2D eigenvalue weighted by Gasteiger charge is -2.63. The van der Waals surface area contributed by atoms with Gasteiger partial charge in [-0.15, -0.1) is 0 Å². The Bertz CT molecular complexity index is 657. The highest BCUT2D eigenvalue weighted by molar-refractivity contribution is 5.25. The van der Waals surface area contributed by atoms with Gasteiger partial charge in [0, 0.05) is 6.04 Å². The topological polar surface area (TPSA) is 44.5 Å². The quantitative estimate of drug-likeness (QED) is 0.605. The summed E-state index contributed by atoms with van der Waals surface area (Å²) >= 11 is 0. The molecule has 1 heterocycles. The van der Waals surface area contributed by atoms with Gasteiger partial charge in [-0.1, -0.05) is 25.5 Å². The normalized spacial score (nSPS) is 57.7. The van der Waals surface area contributed by atoms with Crippen LogP contribution in [0, 0.1) is 34.5 Å². The molecule has 5 aliphatic rings. The second-order valence-corrected chi connectivity index (χ2v) is 11.3. The molecule has 152 valence electrons. The van der Waals surface area contributed by atoms with Crippen molar-refractivity contribution < 1.29 is 9.47 Å². The molecule has 1 saturated heterocycles. The molecular formula is C24H39NO2. The van der Waals surface area contributed by atoms with Crippen LogP contribution in [0.3, 0.4) is 0 Å². The van der Waals surface area contributed by atoms with Gasteiger partial charge in [-0.25, -0.2) is 0 Å². The molecular weight excluding hydrogens is 334 g/mol. The molecule has 27 heavy (non-hydrogen) atoms. The van der Waals surface area contributed by atoms with Crippen LogP contribution in [0.2, 0.25) is 0 Å². The van der Waals surface area contributed by atoms with Gasteiger partial charge in [-0.05, 0) is 100 Å². The van der Waals surface area contributed by atoms with E-state index in [1.54, 1.807) is 5.57 Å². The summed E-state index contributed by atoms with van der Waals surface area (Å²) in [4.78, 5) is 0. The Labute approximate surface area is 165 Å². The number of ether oxygens (including phenoxy) is 2. The second-order valence-electron chi connectivity index (χ2n) is 11.3. The average Bonchev–Trinajstić information content (AvgIpc) is 3.11. The molecule has 0 radical (unpaired) electrons. The summed E-state index contributed by atoms with van der Waals surface area (Å²) in [5.41, 5.74) is 8.91. The lowest BCUT2D eigenvalue weighted by Crippen LogP contribution is -2.63. The van der Waals surface area contributed by atoms with Crippen LogP contribution in [-0.4, -0.2) is 24.0 Å². The fourth-order valence-corrected chi connectivity index (χ4v) is 8.54. The van der Waals surface area contributed by atoms with Gasteiger partial charge in [0.1, 0.15) is 0 Å². The van der Waals surface area contributed by atoms with Crippen molar-refractivity contribution in [1.29, 1.82) is 0 Å². The van der Waals surface area contributed by atoms with Crippen molar-refractivity contribution in [2.45, 2.75) is 104 Å². The molecule has 5 rings (SSSR count). The Balaban J connectivity index is 1.59. The molecule has 0 bridgehead atoms. The average molecular weight is 374 g/mol. The van der Waals surface area contributed by atoms with E-state index in [2.05, 4.69) is 40.7 Å². The Kier molecular flexibility index (Phi) is 4.02. The minimum Gasteiger partial charge on any atom is -0.344 e. The number of fused-ring (bicyclic) bond motifs is 8. The molecule has 0 aromatic heterocycles. The van der Waals surface area contributed by atoms with Crippen LogP contribution in [0.4, 0.5) is 0 Å². The maximum absolute atomic E-state index is 6.69. The van der Waals surface area contributed by atoms with Crippen molar-refractivity contribution in [3.05, 3.63) is 11.6 Å². The molecule has 3 heteroatoms. The van der Waals surface area contributed by atoms with Crippen LogP contribution in [0.25, 0.3) is 0 Å². The number of allylic oxidation sites excluding steroid dienone is 2. The molecule has 5 fully saturated rings.